The molecule has 1 fully saturated rings. The van der Waals surface area contributed by atoms with Gasteiger partial charge in [0.1, 0.15) is 12.6 Å². The molecule has 0 unspecified atom stereocenters. The Hall–Kier alpha value is -4.46. The summed E-state index contributed by atoms with van der Waals surface area (Å²) in [4.78, 5) is 44.5. The van der Waals surface area contributed by atoms with Crippen molar-refractivity contribution < 1.29 is 14.4 Å². The van der Waals surface area contributed by atoms with Crippen LogP contribution >= 0.6 is 0 Å². The molecule has 1 atom stereocenters. The van der Waals surface area contributed by atoms with Gasteiger partial charge < -0.3 is 20.1 Å². The fourth-order valence-electron chi connectivity index (χ4n) is 5.06. The highest BCUT2D eigenvalue weighted by Crippen LogP contribution is 2.28. The van der Waals surface area contributed by atoms with Crippen molar-refractivity contribution in [2.75, 3.05) is 18.4 Å². The van der Waals surface area contributed by atoms with Crippen LogP contribution in [-0.2, 0) is 22.6 Å². The minimum absolute atomic E-state index is 0.0625. The number of Topliss-reactive ketones (excluding diaryl/α,β-unsaturated/α-hetero) is 1. The summed E-state index contributed by atoms with van der Waals surface area (Å²) in [6.45, 7) is 2.67. The largest absolute Gasteiger partial charge is 0.354 e. The van der Waals surface area contributed by atoms with Crippen molar-refractivity contribution in [3.63, 3.8) is 0 Å². The first-order chi connectivity index (χ1) is 18.5. The van der Waals surface area contributed by atoms with Gasteiger partial charge in [-0.05, 0) is 62.1 Å². The van der Waals surface area contributed by atoms with E-state index < -0.39 is 6.04 Å². The molecular weight excluding hydrogens is 478 g/mol. The lowest BCUT2D eigenvalue weighted by molar-refractivity contribution is -0.138. The third kappa shape index (κ3) is 5.59. The number of amides is 2. The number of rotatable bonds is 9. The molecule has 0 bridgehead atoms. The summed E-state index contributed by atoms with van der Waals surface area (Å²) >= 11 is 0. The summed E-state index contributed by atoms with van der Waals surface area (Å²) in [5.74, 6) is -0.313. The number of hydrogen-bond acceptors (Lipinski definition) is 5. The van der Waals surface area contributed by atoms with Crippen molar-refractivity contribution in [2.45, 2.75) is 38.8 Å². The minimum Gasteiger partial charge on any atom is -0.354 e. The van der Waals surface area contributed by atoms with E-state index in [-0.39, 0.29) is 24.1 Å². The number of carbonyl (C=O) groups is 3. The van der Waals surface area contributed by atoms with Crippen LogP contribution in [-0.4, -0.2) is 51.2 Å². The number of carbonyl (C=O) groups excluding carboxylic acids is 3. The Morgan fingerprint density at radius 1 is 1.03 bits per heavy atom. The molecule has 2 amide bonds. The van der Waals surface area contributed by atoms with E-state index in [0.717, 1.165) is 40.7 Å². The molecule has 1 aliphatic heterocycles. The SMILES string of the molecule is CC(=O)c1cn(CC(=O)N2CCC[C@H]2C(=O)NCCc2ccccc2)c2ccc(Nc3cccnc3)cc12. The lowest BCUT2D eigenvalue weighted by Gasteiger charge is -2.24. The molecular formula is C30H31N5O3. The highest BCUT2D eigenvalue weighted by molar-refractivity contribution is 6.08. The number of aromatic nitrogens is 2. The van der Waals surface area contributed by atoms with Crippen LogP contribution in [0.2, 0.25) is 0 Å². The number of benzene rings is 2. The fourth-order valence-corrected chi connectivity index (χ4v) is 5.06. The summed E-state index contributed by atoms with van der Waals surface area (Å²) in [7, 11) is 0. The average molecular weight is 510 g/mol. The van der Waals surface area contributed by atoms with Gasteiger partial charge in [0.15, 0.2) is 5.78 Å². The molecule has 0 radical (unpaired) electrons. The van der Waals surface area contributed by atoms with E-state index >= 15 is 0 Å². The lowest BCUT2D eigenvalue weighted by Crippen LogP contribution is -2.47. The van der Waals surface area contributed by atoms with Gasteiger partial charge in [-0.1, -0.05) is 30.3 Å². The van der Waals surface area contributed by atoms with Gasteiger partial charge in [0.05, 0.1) is 11.9 Å². The maximum Gasteiger partial charge on any atom is 0.243 e. The number of nitrogens with zero attached hydrogens (tertiary/aromatic N) is 3. The van der Waals surface area contributed by atoms with E-state index in [9.17, 15) is 14.4 Å². The van der Waals surface area contributed by atoms with Gasteiger partial charge in [0.2, 0.25) is 11.8 Å². The monoisotopic (exact) mass is 509 g/mol. The predicted octanol–water partition coefficient (Wildman–Crippen LogP) is 4.33. The third-order valence-corrected chi connectivity index (χ3v) is 6.95. The van der Waals surface area contributed by atoms with E-state index in [1.54, 1.807) is 23.5 Å². The number of ketones is 1. The van der Waals surface area contributed by atoms with Crippen LogP contribution < -0.4 is 10.6 Å². The normalized spacial score (nSPS) is 15.0. The number of hydrogen-bond donors (Lipinski definition) is 2. The molecule has 2 aromatic carbocycles. The van der Waals surface area contributed by atoms with Crippen molar-refractivity contribution in [2.24, 2.45) is 0 Å². The molecule has 1 saturated heterocycles. The van der Waals surface area contributed by atoms with E-state index in [1.807, 2.05) is 65.2 Å². The molecule has 8 nitrogen and oxygen atoms in total. The van der Waals surface area contributed by atoms with Gasteiger partial charge in [-0.15, -0.1) is 0 Å². The summed E-state index contributed by atoms with van der Waals surface area (Å²) in [5.41, 5.74) is 4.17. The Bertz CT molecular complexity index is 1450. The van der Waals surface area contributed by atoms with Crippen LogP contribution in [0.3, 0.4) is 0 Å². The second-order valence-corrected chi connectivity index (χ2v) is 9.60. The van der Waals surface area contributed by atoms with Gasteiger partial charge in [-0.3, -0.25) is 19.4 Å². The molecule has 8 heteroatoms. The highest BCUT2D eigenvalue weighted by Gasteiger charge is 2.34. The third-order valence-electron chi connectivity index (χ3n) is 6.95. The molecule has 3 heterocycles. The Morgan fingerprint density at radius 3 is 2.63 bits per heavy atom. The van der Waals surface area contributed by atoms with E-state index in [1.165, 1.54) is 6.92 Å². The Morgan fingerprint density at radius 2 is 1.87 bits per heavy atom. The van der Waals surface area contributed by atoms with Gasteiger partial charge in [0, 0.05) is 47.6 Å². The minimum atomic E-state index is -0.470. The molecule has 0 saturated carbocycles. The van der Waals surface area contributed by atoms with Crippen molar-refractivity contribution in [1.82, 2.24) is 19.8 Å². The van der Waals surface area contributed by atoms with Crippen LogP contribution in [0.15, 0.2) is 79.3 Å². The first kappa shape index (κ1) is 25.2. The zero-order valence-corrected chi connectivity index (χ0v) is 21.4. The first-order valence-corrected chi connectivity index (χ1v) is 12.9. The van der Waals surface area contributed by atoms with Crippen molar-refractivity contribution in [3.8, 4) is 0 Å². The van der Waals surface area contributed by atoms with E-state index in [4.69, 9.17) is 0 Å². The van der Waals surface area contributed by atoms with Gasteiger partial charge in [-0.2, -0.15) is 0 Å². The maximum atomic E-state index is 13.4. The van der Waals surface area contributed by atoms with Crippen molar-refractivity contribution >= 4 is 39.9 Å². The number of anilines is 2. The molecule has 0 aliphatic carbocycles. The molecule has 2 aromatic heterocycles. The predicted molar refractivity (Wildman–Crippen MR) is 147 cm³/mol. The van der Waals surface area contributed by atoms with Crippen LogP contribution in [0, 0.1) is 0 Å². The summed E-state index contributed by atoms with van der Waals surface area (Å²) in [6, 6.07) is 19.0. The zero-order valence-electron chi connectivity index (χ0n) is 21.4. The maximum absolute atomic E-state index is 13.4. The Labute approximate surface area is 221 Å². The van der Waals surface area contributed by atoms with Crippen molar-refractivity contribution in [1.29, 1.82) is 0 Å². The van der Waals surface area contributed by atoms with Gasteiger partial charge >= 0.3 is 0 Å². The molecule has 194 valence electrons. The second-order valence-electron chi connectivity index (χ2n) is 9.60. The van der Waals surface area contributed by atoms with Crippen LogP contribution in [0.5, 0.6) is 0 Å². The van der Waals surface area contributed by atoms with E-state index in [2.05, 4.69) is 15.6 Å². The molecule has 1 aliphatic rings. The molecule has 38 heavy (non-hydrogen) atoms. The summed E-state index contributed by atoms with van der Waals surface area (Å²) < 4.78 is 1.81. The topological polar surface area (TPSA) is 96.3 Å². The highest BCUT2D eigenvalue weighted by atomic mass is 16.2. The molecule has 0 spiro atoms. The quantitative estimate of drug-likeness (QED) is 0.328. The average Bonchev–Trinajstić information content (AvgIpc) is 3.55. The Kier molecular flexibility index (Phi) is 7.49. The zero-order chi connectivity index (χ0) is 26.5. The number of fused-ring (bicyclic) bond motifs is 1. The molecule has 4 aromatic rings. The summed E-state index contributed by atoms with van der Waals surface area (Å²) in [5, 5.41) is 7.07. The van der Waals surface area contributed by atoms with E-state index in [0.29, 0.717) is 25.1 Å². The lowest BCUT2D eigenvalue weighted by atomic mass is 10.1. The summed E-state index contributed by atoms with van der Waals surface area (Å²) in [6.07, 6.45) is 7.36. The fraction of sp³-hybridized carbons (Fsp3) is 0.267. The van der Waals surface area contributed by atoms with Gasteiger partial charge in [0.25, 0.3) is 0 Å². The number of nitrogens with one attached hydrogen (secondary N) is 2. The van der Waals surface area contributed by atoms with Crippen LogP contribution in [0.4, 0.5) is 11.4 Å². The second kappa shape index (κ2) is 11.3. The number of likely N-dealkylation sites (tertiary alicyclic amines) is 1. The molecule has 5 rings (SSSR count). The van der Waals surface area contributed by atoms with Crippen LogP contribution in [0.25, 0.3) is 10.9 Å². The van der Waals surface area contributed by atoms with Gasteiger partial charge in [-0.25, -0.2) is 0 Å². The smallest absolute Gasteiger partial charge is 0.243 e. The standard InChI is InChI=1S/C30H31N5O3/c1-21(36)26-19-34(27-12-11-23(17-25(26)27)33-24-9-5-14-31-18-24)20-29(37)35-16-6-10-28(35)30(38)32-15-13-22-7-3-2-4-8-22/h2-5,7-9,11-12,14,17-19,28,33H,6,10,13,15-16,20H2,1H3,(H,32,38)/t28-/m0/s1. The van der Waals surface area contributed by atoms with Crippen LogP contribution in [0.1, 0.15) is 35.7 Å². The van der Waals surface area contributed by atoms with Crippen molar-refractivity contribution in [3.05, 3.63) is 90.4 Å². The first-order valence-electron chi connectivity index (χ1n) is 12.9. The molecule has 2 N–H and O–H groups in total. The number of pyridine rings is 1. The Balaban J connectivity index is 1.29.